The topological polar surface area (TPSA) is 28.7 Å². The van der Waals surface area contributed by atoms with E-state index < -0.39 is 0 Å². The summed E-state index contributed by atoms with van der Waals surface area (Å²) >= 11 is 0. The Hall–Kier alpha value is 0.262. The first-order valence-corrected chi connectivity index (χ1v) is 2.85. The van der Waals surface area contributed by atoms with E-state index in [-0.39, 0.29) is 31.1 Å². The second-order valence-corrected chi connectivity index (χ2v) is 1.24. The zero-order valence-electron chi connectivity index (χ0n) is 6.10. The van der Waals surface area contributed by atoms with Gasteiger partial charge in [-0.3, -0.25) is 5.10 Å². The molecule has 1 N–H and O–H groups in total. The van der Waals surface area contributed by atoms with E-state index in [1.165, 1.54) is 0 Å². The maximum atomic E-state index is 3.70. The number of rotatable bonds is 0. The Bertz CT molecular complexity index is 115. The molecule has 1 heterocycles. The summed E-state index contributed by atoms with van der Waals surface area (Å²) in [6.07, 6.45) is 1.73. The number of hydrogen-bond donors (Lipinski definition) is 1. The first kappa shape index (κ1) is 12.0. The molecule has 0 amide bonds. The minimum Gasteiger partial charge on any atom is -0.283 e. The van der Waals surface area contributed by atoms with Gasteiger partial charge in [-0.25, -0.2) is 0 Å². The van der Waals surface area contributed by atoms with Gasteiger partial charge >= 0.3 is 0 Å². The quantitative estimate of drug-likeness (QED) is 0.759. The summed E-state index contributed by atoms with van der Waals surface area (Å²) in [5.41, 5.74) is 1.11. The van der Waals surface area contributed by atoms with Crippen LogP contribution < -0.4 is 0 Å². The van der Waals surface area contributed by atoms with Crippen LogP contribution in [-0.4, -0.2) is 10.2 Å². The van der Waals surface area contributed by atoms with Crippen molar-refractivity contribution in [2.24, 2.45) is 0 Å². The average molecular weight is 350 g/mol. The summed E-state index contributed by atoms with van der Waals surface area (Å²) in [7, 11) is 0. The predicted octanol–water partition coefficient (Wildman–Crippen LogP) is 1.74. The SMILES string of the molecule is CC.Cc1ccn[nH]1.[U]. The zero-order chi connectivity index (χ0) is 6.41. The number of aromatic amines is 1. The van der Waals surface area contributed by atoms with Crippen molar-refractivity contribution in [2.45, 2.75) is 20.8 Å². The molecule has 1 rings (SSSR count). The molecule has 0 radical (unpaired) electrons. The van der Waals surface area contributed by atoms with E-state index in [0.29, 0.717) is 0 Å². The third-order valence-corrected chi connectivity index (χ3v) is 0.640. The van der Waals surface area contributed by atoms with Crippen molar-refractivity contribution in [2.75, 3.05) is 0 Å². The Morgan fingerprint density at radius 1 is 1.44 bits per heavy atom. The molecule has 0 saturated heterocycles. The van der Waals surface area contributed by atoms with Gasteiger partial charge in [-0.05, 0) is 13.0 Å². The van der Waals surface area contributed by atoms with Crippen LogP contribution in [0.2, 0.25) is 0 Å². The molecule has 0 aromatic carbocycles. The van der Waals surface area contributed by atoms with E-state index in [1.54, 1.807) is 6.20 Å². The van der Waals surface area contributed by atoms with Gasteiger partial charge in [-0.1, -0.05) is 13.8 Å². The van der Waals surface area contributed by atoms with E-state index in [2.05, 4.69) is 10.2 Å². The second kappa shape index (κ2) is 8.26. The molecule has 2 nitrogen and oxygen atoms in total. The molecule has 50 valence electrons. The fourth-order valence-corrected chi connectivity index (χ4v) is 0.325. The van der Waals surface area contributed by atoms with Crippen LogP contribution in [0.5, 0.6) is 0 Å². The van der Waals surface area contributed by atoms with Crippen LogP contribution in [0.3, 0.4) is 0 Å². The van der Waals surface area contributed by atoms with Gasteiger partial charge in [-0.15, -0.1) is 0 Å². The molecule has 0 aliphatic heterocycles. The van der Waals surface area contributed by atoms with Gasteiger partial charge in [0.25, 0.3) is 0 Å². The van der Waals surface area contributed by atoms with Crippen LogP contribution in [0.4, 0.5) is 0 Å². The van der Waals surface area contributed by atoms with Crippen LogP contribution in [0.1, 0.15) is 19.5 Å². The Morgan fingerprint density at radius 3 is 2.11 bits per heavy atom. The van der Waals surface area contributed by atoms with Crippen molar-refractivity contribution in [1.29, 1.82) is 0 Å². The zero-order valence-corrected chi connectivity index (χ0v) is 10.3. The summed E-state index contributed by atoms with van der Waals surface area (Å²) in [6, 6.07) is 1.92. The number of nitrogens with one attached hydrogen (secondary N) is 1. The molecule has 0 saturated carbocycles. The summed E-state index contributed by atoms with van der Waals surface area (Å²) in [4.78, 5) is 0. The molecule has 0 unspecified atom stereocenters. The van der Waals surface area contributed by atoms with E-state index in [9.17, 15) is 0 Å². The van der Waals surface area contributed by atoms with E-state index in [0.717, 1.165) is 5.69 Å². The summed E-state index contributed by atoms with van der Waals surface area (Å²) in [5, 5.41) is 6.45. The van der Waals surface area contributed by atoms with Crippen LogP contribution in [0.15, 0.2) is 12.3 Å². The second-order valence-electron chi connectivity index (χ2n) is 1.24. The van der Waals surface area contributed by atoms with Crippen LogP contribution >= 0.6 is 0 Å². The third kappa shape index (κ3) is 6.14. The minimum absolute atomic E-state index is 0. The van der Waals surface area contributed by atoms with Crippen molar-refractivity contribution < 1.29 is 31.1 Å². The molecular formula is C6H12N2U. The van der Waals surface area contributed by atoms with E-state index in [4.69, 9.17) is 0 Å². The van der Waals surface area contributed by atoms with Gasteiger partial charge in [0.2, 0.25) is 0 Å². The van der Waals surface area contributed by atoms with Gasteiger partial charge in [0.05, 0.1) is 0 Å². The van der Waals surface area contributed by atoms with Gasteiger partial charge < -0.3 is 0 Å². The first-order chi connectivity index (χ1) is 3.89. The largest absolute Gasteiger partial charge is 0.283 e. The van der Waals surface area contributed by atoms with Crippen LogP contribution in [0, 0.1) is 38.0 Å². The molecule has 0 aliphatic rings. The maximum Gasteiger partial charge on any atom is 0.0489 e. The Balaban J connectivity index is 0. The fourth-order valence-electron chi connectivity index (χ4n) is 0.325. The Kier molecular flexibility index (Phi) is 11.0. The van der Waals surface area contributed by atoms with Crippen molar-refractivity contribution >= 4 is 0 Å². The smallest absolute Gasteiger partial charge is 0.0489 e. The number of nitrogens with zero attached hydrogens (tertiary/aromatic N) is 1. The molecule has 1 aromatic heterocycles. The average Bonchev–Trinajstić information content (AvgIpc) is 2.24. The summed E-state index contributed by atoms with van der Waals surface area (Å²) in [5.74, 6) is 0. The maximum absolute atomic E-state index is 3.70. The van der Waals surface area contributed by atoms with Crippen molar-refractivity contribution in [3.63, 3.8) is 0 Å². The summed E-state index contributed by atoms with van der Waals surface area (Å²) in [6.45, 7) is 5.97. The van der Waals surface area contributed by atoms with E-state index >= 15 is 0 Å². The predicted molar refractivity (Wildman–Crippen MR) is 34.7 cm³/mol. The number of aromatic nitrogens is 2. The molecule has 0 aliphatic carbocycles. The standard InChI is InChI=1S/C4H6N2.C2H6.U/c1-4-2-3-5-6-4;1-2;/h2-3H,1H3,(H,5,6);1-2H3;. The third-order valence-electron chi connectivity index (χ3n) is 0.640. The minimum atomic E-state index is 0. The molecule has 0 spiro atoms. The fraction of sp³-hybridized carbons (Fsp3) is 0.500. The van der Waals surface area contributed by atoms with E-state index in [1.807, 2.05) is 26.8 Å². The first-order valence-electron chi connectivity index (χ1n) is 2.85. The molecular weight excluding hydrogens is 338 g/mol. The van der Waals surface area contributed by atoms with Gasteiger partial charge in [0.1, 0.15) is 0 Å². The Morgan fingerprint density at radius 2 is 2.00 bits per heavy atom. The van der Waals surface area contributed by atoms with Crippen molar-refractivity contribution in [3.8, 4) is 0 Å². The molecule has 3 heteroatoms. The van der Waals surface area contributed by atoms with Gasteiger partial charge in [0, 0.05) is 43.0 Å². The number of aryl methyl sites for hydroxylation is 1. The molecule has 1 aromatic rings. The number of hydrogen-bond acceptors (Lipinski definition) is 1. The van der Waals surface area contributed by atoms with Crippen LogP contribution in [0.25, 0.3) is 0 Å². The summed E-state index contributed by atoms with van der Waals surface area (Å²) < 4.78 is 0. The molecule has 9 heavy (non-hydrogen) atoms. The molecule has 0 atom stereocenters. The molecule has 0 fully saturated rings. The number of H-pyrrole nitrogens is 1. The monoisotopic (exact) mass is 350 g/mol. The normalized spacial score (nSPS) is 6.56. The Labute approximate surface area is 79.8 Å². The van der Waals surface area contributed by atoms with Gasteiger partial charge in [-0.2, -0.15) is 5.10 Å². The molecule has 0 bridgehead atoms. The van der Waals surface area contributed by atoms with Crippen LogP contribution in [-0.2, 0) is 0 Å². The van der Waals surface area contributed by atoms with Gasteiger partial charge in [0.15, 0.2) is 0 Å². The van der Waals surface area contributed by atoms with Crippen molar-refractivity contribution in [1.82, 2.24) is 10.2 Å². The van der Waals surface area contributed by atoms with Crippen molar-refractivity contribution in [3.05, 3.63) is 18.0 Å².